The van der Waals surface area contributed by atoms with Crippen LogP contribution in [0, 0.1) is 5.41 Å². The lowest BCUT2D eigenvalue weighted by Crippen LogP contribution is -2.41. The van der Waals surface area contributed by atoms with Gasteiger partial charge in [0, 0.05) is 18.8 Å². The number of benzene rings is 1. The number of rotatable bonds is 2. The molecule has 1 heterocycles. The van der Waals surface area contributed by atoms with Crippen molar-refractivity contribution in [1.29, 1.82) is 0 Å². The largest absolute Gasteiger partial charge is 0.399 e. The lowest BCUT2D eigenvalue weighted by molar-refractivity contribution is 0.196. The van der Waals surface area contributed by atoms with Crippen LogP contribution < -0.4 is 5.73 Å². The topological polar surface area (TPSA) is 63.4 Å². The minimum atomic E-state index is -3.54. The zero-order valence-electron chi connectivity index (χ0n) is 11.2. The summed E-state index contributed by atoms with van der Waals surface area (Å²) in [6, 6.07) is 4.55. The number of hydrogen-bond acceptors (Lipinski definition) is 3. The lowest BCUT2D eigenvalue weighted by atomic mass is 9.83. The maximum absolute atomic E-state index is 12.6. The van der Waals surface area contributed by atoms with Gasteiger partial charge in [0.05, 0.1) is 5.02 Å². The number of halogens is 1. The quantitative estimate of drug-likeness (QED) is 0.854. The minimum absolute atomic E-state index is 0.105. The van der Waals surface area contributed by atoms with Crippen molar-refractivity contribution in [2.75, 3.05) is 18.8 Å². The summed E-state index contributed by atoms with van der Waals surface area (Å²) in [6.07, 6.45) is 1.71. The molecule has 0 bridgehead atoms. The van der Waals surface area contributed by atoms with Crippen LogP contribution in [0.3, 0.4) is 0 Å². The molecule has 2 N–H and O–H groups in total. The first-order valence-electron chi connectivity index (χ1n) is 6.28. The SMILES string of the molecule is CC1(C)CCN(S(=O)(=O)c2cc(N)ccc2Cl)CC1. The van der Waals surface area contributed by atoms with Crippen LogP contribution in [0.2, 0.25) is 5.02 Å². The summed E-state index contributed by atoms with van der Waals surface area (Å²) in [7, 11) is -3.54. The molecule has 1 saturated heterocycles. The van der Waals surface area contributed by atoms with Crippen LogP contribution in [0.4, 0.5) is 5.69 Å². The Balaban J connectivity index is 2.31. The predicted molar refractivity (Wildman–Crippen MR) is 77.6 cm³/mol. The maximum atomic E-state index is 12.6. The lowest BCUT2D eigenvalue weighted by Gasteiger charge is -2.36. The van der Waals surface area contributed by atoms with Crippen molar-refractivity contribution in [3.05, 3.63) is 23.2 Å². The summed E-state index contributed by atoms with van der Waals surface area (Å²) in [6.45, 7) is 5.37. The van der Waals surface area contributed by atoms with Gasteiger partial charge >= 0.3 is 0 Å². The van der Waals surface area contributed by atoms with Crippen molar-refractivity contribution in [2.45, 2.75) is 31.6 Å². The van der Waals surface area contributed by atoms with Gasteiger partial charge in [0.2, 0.25) is 10.0 Å². The van der Waals surface area contributed by atoms with E-state index in [1.54, 1.807) is 6.07 Å². The summed E-state index contributed by atoms with van der Waals surface area (Å²) >= 11 is 5.99. The highest BCUT2D eigenvalue weighted by Gasteiger charge is 2.33. The Hall–Kier alpha value is -0.780. The molecule has 1 aliphatic heterocycles. The molecule has 19 heavy (non-hydrogen) atoms. The van der Waals surface area contributed by atoms with E-state index in [9.17, 15) is 8.42 Å². The molecule has 0 atom stereocenters. The fraction of sp³-hybridized carbons (Fsp3) is 0.538. The van der Waals surface area contributed by atoms with E-state index in [2.05, 4.69) is 13.8 Å². The molecule has 0 radical (unpaired) electrons. The van der Waals surface area contributed by atoms with Crippen molar-refractivity contribution in [3.8, 4) is 0 Å². The van der Waals surface area contributed by atoms with Gasteiger partial charge in [0.1, 0.15) is 4.90 Å². The summed E-state index contributed by atoms with van der Waals surface area (Å²) in [4.78, 5) is 0.105. The van der Waals surface area contributed by atoms with Crippen LogP contribution in [0.15, 0.2) is 23.1 Å². The van der Waals surface area contributed by atoms with Crippen LogP contribution in [-0.4, -0.2) is 25.8 Å². The predicted octanol–water partition coefficient (Wildman–Crippen LogP) is 2.73. The minimum Gasteiger partial charge on any atom is -0.399 e. The molecular weight excluding hydrogens is 284 g/mol. The van der Waals surface area contributed by atoms with E-state index in [4.69, 9.17) is 17.3 Å². The Bertz CT molecular complexity index is 574. The average Bonchev–Trinajstić information content (AvgIpc) is 2.31. The van der Waals surface area contributed by atoms with Gasteiger partial charge in [-0.25, -0.2) is 8.42 Å². The van der Waals surface area contributed by atoms with Gasteiger partial charge in [-0.3, -0.25) is 0 Å². The number of nitrogens with two attached hydrogens (primary N) is 1. The van der Waals surface area contributed by atoms with Gasteiger partial charge in [-0.1, -0.05) is 25.4 Å². The average molecular weight is 303 g/mol. The van der Waals surface area contributed by atoms with E-state index in [0.29, 0.717) is 18.8 Å². The fourth-order valence-electron chi connectivity index (χ4n) is 2.19. The Morgan fingerprint density at radius 3 is 2.42 bits per heavy atom. The standard InChI is InChI=1S/C13H19ClN2O2S/c1-13(2)5-7-16(8-6-13)19(17,18)12-9-10(15)3-4-11(12)14/h3-4,9H,5-8,15H2,1-2H3. The van der Waals surface area contributed by atoms with Crippen LogP contribution in [0.1, 0.15) is 26.7 Å². The van der Waals surface area contributed by atoms with Crippen LogP contribution in [0.25, 0.3) is 0 Å². The third-order valence-corrected chi connectivity index (χ3v) is 6.03. The van der Waals surface area contributed by atoms with Crippen LogP contribution in [0.5, 0.6) is 0 Å². The van der Waals surface area contributed by atoms with Crippen molar-refractivity contribution in [1.82, 2.24) is 4.31 Å². The second-order valence-electron chi connectivity index (χ2n) is 5.76. The highest BCUT2D eigenvalue weighted by atomic mass is 35.5. The van der Waals surface area contributed by atoms with Gasteiger partial charge < -0.3 is 5.73 Å². The van der Waals surface area contributed by atoms with E-state index in [-0.39, 0.29) is 15.3 Å². The number of nitrogens with zero attached hydrogens (tertiary/aromatic N) is 1. The normalized spacial score (nSPS) is 20.4. The first-order chi connectivity index (χ1) is 8.72. The highest BCUT2D eigenvalue weighted by molar-refractivity contribution is 7.89. The molecule has 0 aromatic heterocycles. The summed E-state index contributed by atoms with van der Waals surface area (Å²) in [5.41, 5.74) is 6.26. The van der Waals surface area contributed by atoms with Crippen LogP contribution in [-0.2, 0) is 10.0 Å². The molecule has 2 rings (SSSR count). The van der Waals surface area contributed by atoms with E-state index in [0.717, 1.165) is 12.8 Å². The number of piperidine rings is 1. The molecule has 0 aliphatic carbocycles. The van der Waals surface area contributed by atoms with Crippen LogP contribution >= 0.6 is 11.6 Å². The van der Waals surface area contributed by atoms with Gasteiger partial charge in [0.25, 0.3) is 0 Å². The molecule has 106 valence electrons. The number of hydrogen-bond donors (Lipinski definition) is 1. The Labute approximate surface area is 119 Å². The molecular formula is C13H19ClN2O2S. The molecule has 1 aromatic carbocycles. The molecule has 1 aromatic rings. The molecule has 1 fully saturated rings. The van der Waals surface area contributed by atoms with Gasteiger partial charge in [-0.05, 0) is 36.5 Å². The zero-order valence-corrected chi connectivity index (χ0v) is 12.8. The second-order valence-corrected chi connectivity index (χ2v) is 8.07. The third kappa shape index (κ3) is 3.04. The third-order valence-electron chi connectivity index (χ3n) is 3.65. The maximum Gasteiger partial charge on any atom is 0.244 e. The summed E-state index contributed by atoms with van der Waals surface area (Å²) in [5.74, 6) is 0. The van der Waals surface area contributed by atoms with Crippen molar-refractivity contribution < 1.29 is 8.42 Å². The van der Waals surface area contributed by atoms with Crippen molar-refractivity contribution >= 4 is 27.3 Å². The fourth-order valence-corrected chi connectivity index (χ4v) is 4.14. The Morgan fingerprint density at radius 2 is 1.84 bits per heavy atom. The van der Waals surface area contributed by atoms with E-state index >= 15 is 0 Å². The summed E-state index contributed by atoms with van der Waals surface area (Å²) in [5, 5.41) is 0.221. The molecule has 0 saturated carbocycles. The monoisotopic (exact) mass is 302 g/mol. The molecule has 0 unspecified atom stereocenters. The van der Waals surface area contributed by atoms with E-state index < -0.39 is 10.0 Å². The summed E-state index contributed by atoms with van der Waals surface area (Å²) < 4.78 is 26.6. The van der Waals surface area contributed by atoms with Gasteiger partial charge in [0.15, 0.2) is 0 Å². The van der Waals surface area contributed by atoms with E-state index in [1.165, 1.54) is 16.4 Å². The Morgan fingerprint density at radius 1 is 1.26 bits per heavy atom. The Kier molecular flexibility index (Phi) is 3.82. The van der Waals surface area contributed by atoms with Gasteiger partial charge in [-0.15, -0.1) is 0 Å². The zero-order chi connectivity index (χ0) is 14.3. The highest BCUT2D eigenvalue weighted by Crippen LogP contribution is 2.34. The second kappa shape index (κ2) is 4.96. The molecule has 4 nitrogen and oxygen atoms in total. The molecule has 0 spiro atoms. The molecule has 0 amide bonds. The van der Waals surface area contributed by atoms with Crippen molar-refractivity contribution in [2.24, 2.45) is 5.41 Å². The number of anilines is 1. The number of sulfonamides is 1. The molecule has 1 aliphatic rings. The van der Waals surface area contributed by atoms with E-state index in [1.807, 2.05) is 0 Å². The van der Waals surface area contributed by atoms with Crippen molar-refractivity contribution in [3.63, 3.8) is 0 Å². The first-order valence-corrected chi connectivity index (χ1v) is 8.09. The van der Waals surface area contributed by atoms with Gasteiger partial charge in [-0.2, -0.15) is 4.31 Å². The first kappa shape index (κ1) is 14.6. The smallest absolute Gasteiger partial charge is 0.244 e. The number of nitrogen functional groups attached to an aromatic ring is 1. The molecule has 6 heteroatoms.